The van der Waals surface area contributed by atoms with Crippen LogP contribution in [-0.2, 0) is 27.9 Å². The van der Waals surface area contributed by atoms with E-state index in [4.69, 9.17) is 13.8 Å². The van der Waals surface area contributed by atoms with Crippen molar-refractivity contribution in [1.82, 2.24) is 5.32 Å². The molecule has 0 saturated heterocycles. The number of allylic oxidation sites excluding steroid dienone is 13. The molecule has 0 aromatic heterocycles. The van der Waals surface area contributed by atoms with Crippen molar-refractivity contribution >= 4 is 19.7 Å². The van der Waals surface area contributed by atoms with Crippen LogP contribution < -0.4 is 5.32 Å². The first-order chi connectivity index (χ1) is 40.9. The van der Waals surface area contributed by atoms with E-state index < -0.39 is 20.0 Å². The highest BCUT2D eigenvalue weighted by Gasteiger charge is 2.30. The molecule has 3 atom stereocenters. The second-order valence-electron chi connectivity index (χ2n) is 25.0. The van der Waals surface area contributed by atoms with Crippen molar-refractivity contribution in [3.63, 3.8) is 0 Å². The van der Waals surface area contributed by atoms with Crippen LogP contribution in [0.5, 0.6) is 0 Å². The molecule has 0 bridgehead atoms. The molecule has 0 saturated carbocycles. The summed E-state index contributed by atoms with van der Waals surface area (Å²) in [6, 6.07) is -0.856. The highest BCUT2D eigenvalue weighted by atomic mass is 31.2. The zero-order valence-corrected chi connectivity index (χ0v) is 56.8. The molecule has 3 unspecified atom stereocenters. The van der Waals surface area contributed by atoms with Crippen molar-refractivity contribution in [3.05, 3.63) is 85.1 Å². The van der Waals surface area contributed by atoms with Gasteiger partial charge in [0, 0.05) is 12.8 Å². The Kier molecular flexibility index (Phi) is 61.1. The lowest BCUT2D eigenvalue weighted by Crippen LogP contribution is -2.47. The van der Waals surface area contributed by atoms with Gasteiger partial charge in [0.15, 0.2) is 0 Å². The smallest absolute Gasteiger partial charge is 0.456 e. The fourth-order valence-electron chi connectivity index (χ4n) is 10.2. The van der Waals surface area contributed by atoms with Gasteiger partial charge in [0.05, 0.1) is 33.8 Å². The van der Waals surface area contributed by atoms with E-state index in [1.807, 2.05) is 33.3 Å². The van der Waals surface area contributed by atoms with E-state index in [9.17, 15) is 19.0 Å². The molecule has 84 heavy (non-hydrogen) atoms. The number of phosphoric ester groups is 1. The number of quaternary nitrogens is 1. The number of ether oxygens (including phenoxy) is 1. The van der Waals surface area contributed by atoms with Crippen LogP contribution >= 0.6 is 7.82 Å². The Hall–Kier alpha value is -2.81. The molecule has 2 N–H and O–H groups in total. The third kappa shape index (κ3) is 63.7. The molecule has 0 fully saturated rings. The molecular formula is C74H136N2O7P+. The molecule has 0 rings (SSSR count). The average Bonchev–Trinajstić information content (AvgIpc) is 3.64. The Bertz CT molecular complexity index is 1710. The van der Waals surface area contributed by atoms with Crippen molar-refractivity contribution in [3.8, 4) is 0 Å². The van der Waals surface area contributed by atoms with Crippen LogP contribution in [0.1, 0.15) is 323 Å². The average molecular weight is 1200 g/mol. The van der Waals surface area contributed by atoms with E-state index in [-0.39, 0.29) is 25.1 Å². The van der Waals surface area contributed by atoms with E-state index in [1.165, 1.54) is 180 Å². The molecule has 0 heterocycles. The Morgan fingerprint density at radius 1 is 0.429 bits per heavy atom. The van der Waals surface area contributed by atoms with Crippen molar-refractivity contribution in [2.75, 3.05) is 40.9 Å². The van der Waals surface area contributed by atoms with Crippen LogP contribution in [0.15, 0.2) is 85.1 Å². The van der Waals surface area contributed by atoms with Gasteiger partial charge in [0.2, 0.25) is 5.91 Å². The largest absolute Gasteiger partial charge is 0.472 e. The number of amides is 1. The molecule has 9 nitrogen and oxygen atoms in total. The van der Waals surface area contributed by atoms with Gasteiger partial charge in [-0.25, -0.2) is 4.57 Å². The van der Waals surface area contributed by atoms with E-state index in [0.717, 1.165) is 109 Å². The van der Waals surface area contributed by atoms with Crippen LogP contribution in [0.2, 0.25) is 0 Å². The van der Waals surface area contributed by atoms with Gasteiger partial charge >= 0.3 is 13.8 Å². The lowest BCUT2D eigenvalue weighted by Gasteiger charge is -2.27. The Labute approximate surface area is 520 Å². The van der Waals surface area contributed by atoms with Gasteiger partial charge in [-0.15, -0.1) is 0 Å². The first-order valence-electron chi connectivity index (χ1n) is 35.4. The van der Waals surface area contributed by atoms with Crippen molar-refractivity contribution in [2.45, 2.75) is 335 Å². The molecule has 0 radical (unpaired) electrons. The zero-order valence-electron chi connectivity index (χ0n) is 55.9. The SMILES string of the molecule is CC/C=C\C/C=C\C/C=C\C/C=C\C/C=C\C/C=C\CCCCCCCCCCC(=O)NC(COP(=O)(O)OCC[N+](C)(C)C)C(/C=C\CCCCCCCCCCCC)OC(=O)CCCCCCCCCCCCCCCCCCCCC. The van der Waals surface area contributed by atoms with Gasteiger partial charge < -0.3 is 19.4 Å². The summed E-state index contributed by atoms with van der Waals surface area (Å²) in [4.78, 5) is 37.9. The molecular weight excluding hydrogens is 1060 g/mol. The Morgan fingerprint density at radius 3 is 1.14 bits per heavy atom. The molecule has 1 amide bonds. The maximum absolute atomic E-state index is 13.6. The number of rotatable bonds is 64. The highest BCUT2D eigenvalue weighted by molar-refractivity contribution is 7.47. The maximum atomic E-state index is 13.6. The summed E-state index contributed by atoms with van der Waals surface area (Å²) in [6.07, 6.45) is 84.5. The highest BCUT2D eigenvalue weighted by Crippen LogP contribution is 2.43. The Balaban J connectivity index is 5.08. The number of hydrogen-bond donors (Lipinski definition) is 2. The minimum atomic E-state index is -4.46. The predicted molar refractivity (Wildman–Crippen MR) is 364 cm³/mol. The van der Waals surface area contributed by atoms with Crippen molar-refractivity contribution < 1.29 is 37.3 Å². The minimum absolute atomic E-state index is 0.0369. The minimum Gasteiger partial charge on any atom is -0.456 e. The van der Waals surface area contributed by atoms with Crippen molar-refractivity contribution in [1.29, 1.82) is 0 Å². The van der Waals surface area contributed by atoms with Crippen LogP contribution in [0.25, 0.3) is 0 Å². The van der Waals surface area contributed by atoms with E-state index in [0.29, 0.717) is 23.9 Å². The summed E-state index contributed by atoms with van der Waals surface area (Å²) >= 11 is 0. The Morgan fingerprint density at radius 2 is 0.762 bits per heavy atom. The number of esters is 1. The van der Waals surface area contributed by atoms with Gasteiger partial charge in [-0.1, -0.05) is 312 Å². The van der Waals surface area contributed by atoms with E-state index in [2.05, 4.69) is 99.0 Å². The molecule has 10 heteroatoms. The first-order valence-corrected chi connectivity index (χ1v) is 36.9. The molecule has 488 valence electrons. The fourth-order valence-corrected chi connectivity index (χ4v) is 10.9. The second-order valence-corrected chi connectivity index (χ2v) is 26.5. The quantitative estimate of drug-likeness (QED) is 0.0205. The van der Waals surface area contributed by atoms with Crippen LogP contribution in [0.3, 0.4) is 0 Å². The topological polar surface area (TPSA) is 111 Å². The number of nitrogens with one attached hydrogen (secondary N) is 1. The van der Waals surface area contributed by atoms with Crippen LogP contribution in [0.4, 0.5) is 0 Å². The molecule has 0 aliphatic rings. The molecule has 0 spiro atoms. The predicted octanol–water partition coefficient (Wildman–Crippen LogP) is 22.5. The number of carbonyl (C=O) groups excluding carboxylic acids is 2. The summed E-state index contributed by atoms with van der Waals surface area (Å²) in [5, 5.41) is 3.07. The van der Waals surface area contributed by atoms with Gasteiger partial charge in [0.1, 0.15) is 19.3 Å². The van der Waals surface area contributed by atoms with Gasteiger partial charge in [-0.2, -0.15) is 0 Å². The van der Waals surface area contributed by atoms with Crippen molar-refractivity contribution in [2.24, 2.45) is 0 Å². The molecule has 0 aliphatic carbocycles. The lowest BCUT2D eigenvalue weighted by atomic mass is 10.0. The summed E-state index contributed by atoms with van der Waals surface area (Å²) in [5.74, 6) is -0.505. The number of hydrogen-bond acceptors (Lipinski definition) is 6. The monoisotopic (exact) mass is 1200 g/mol. The summed E-state index contributed by atoms with van der Waals surface area (Å²) in [6.45, 7) is 6.93. The third-order valence-electron chi connectivity index (χ3n) is 15.6. The number of likely N-dealkylation sites (N-methyl/N-ethyl adjacent to an activating group) is 1. The van der Waals surface area contributed by atoms with Gasteiger partial charge in [0.25, 0.3) is 0 Å². The van der Waals surface area contributed by atoms with E-state index in [1.54, 1.807) is 0 Å². The number of phosphoric acid groups is 1. The standard InChI is InChI=1S/C74H135N2O7P/c1-7-10-13-16-19-22-25-28-30-32-34-35-36-37-38-39-40-41-43-44-46-48-51-54-57-60-63-66-73(77)75-71(70-82-84(79,80)81-69-68-76(4,5)6)72(65-62-59-56-53-50-27-24-21-18-15-12-9-3)83-74(78)67-64-61-58-55-52-49-47-45-42-33-31-29-26-23-20-17-14-11-8-2/h10,13,19,22,28,30,34-35,37-38,40-41,62,65,71-72H,7-9,11-12,14-18,20-21,23-27,29,31-33,36,39,42-61,63-64,66-70H2,1-6H3,(H-,75,77,79,80)/p+1/b13-10-,22-19-,30-28-,35-34-,38-37-,41-40-,65-62-. The van der Waals surface area contributed by atoms with Gasteiger partial charge in [-0.3, -0.25) is 18.6 Å². The van der Waals surface area contributed by atoms with Gasteiger partial charge in [-0.05, 0) is 83.1 Å². The molecule has 0 aliphatic heterocycles. The van der Waals surface area contributed by atoms with Crippen LogP contribution in [-0.4, -0.2) is 74.3 Å². The van der Waals surface area contributed by atoms with Crippen LogP contribution in [0, 0.1) is 0 Å². The normalized spacial score (nSPS) is 14.0. The number of nitrogens with zero attached hydrogens (tertiary/aromatic N) is 1. The number of carbonyl (C=O) groups is 2. The molecule has 0 aromatic rings. The summed E-state index contributed by atoms with van der Waals surface area (Å²) < 4.78 is 30.8. The van der Waals surface area contributed by atoms with E-state index >= 15 is 0 Å². The third-order valence-corrected chi connectivity index (χ3v) is 16.6. The zero-order chi connectivity index (χ0) is 61.4. The summed E-state index contributed by atoms with van der Waals surface area (Å²) in [7, 11) is 1.49. The lowest BCUT2D eigenvalue weighted by molar-refractivity contribution is -0.870. The molecule has 0 aromatic carbocycles. The number of unbranched alkanes of at least 4 members (excludes halogenated alkanes) is 36. The summed E-state index contributed by atoms with van der Waals surface area (Å²) in [5.41, 5.74) is 0. The second kappa shape index (κ2) is 63.2. The fraction of sp³-hybridized carbons (Fsp3) is 0.784. The maximum Gasteiger partial charge on any atom is 0.472 e. The first kappa shape index (κ1) is 81.2.